The summed E-state index contributed by atoms with van der Waals surface area (Å²) in [6, 6.07) is 5.71. The second kappa shape index (κ2) is 4.71. The van der Waals surface area contributed by atoms with Crippen molar-refractivity contribution < 1.29 is 14.6 Å². The van der Waals surface area contributed by atoms with E-state index in [9.17, 15) is 4.79 Å². The molecular weight excluding hydrogens is 238 g/mol. The van der Waals surface area contributed by atoms with Crippen LogP contribution >= 0.6 is 12.2 Å². The Kier molecular flexibility index (Phi) is 3.28. The van der Waals surface area contributed by atoms with Gasteiger partial charge in [-0.15, -0.1) is 0 Å². The number of benzene rings is 1. The molecule has 2 rings (SSSR count). The topological polar surface area (TPSA) is 49.8 Å². The molecule has 17 heavy (non-hydrogen) atoms. The predicted molar refractivity (Wildman–Crippen MR) is 68.9 cm³/mol. The number of para-hydroxylation sites is 1. The van der Waals surface area contributed by atoms with Crippen LogP contribution < -0.4 is 9.64 Å². The molecule has 0 aromatic heterocycles. The number of ether oxygens (including phenoxy) is 1. The first-order valence-corrected chi connectivity index (χ1v) is 5.81. The van der Waals surface area contributed by atoms with Gasteiger partial charge in [0.05, 0.1) is 5.69 Å². The largest absolute Gasteiger partial charge is 0.484 e. The first-order valence-electron chi connectivity index (χ1n) is 5.40. The van der Waals surface area contributed by atoms with Gasteiger partial charge in [-0.25, -0.2) is 0 Å². The molecule has 1 aromatic carbocycles. The minimum absolute atomic E-state index is 0.123. The zero-order chi connectivity index (χ0) is 12.4. The van der Waals surface area contributed by atoms with Crippen molar-refractivity contribution in [3.63, 3.8) is 0 Å². The molecule has 0 spiro atoms. The summed E-state index contributed by atoms with van der Waals surface area (Å²) in [5.41, 5.74) is 1.82. The Morgan fingerprint density at radius 2 is 2.35 bits per heavy atom. The van der Waals surface area contributed by atoms with Crippen LogP contribution in [-0.2, 0) is 11.2 Å². The number of hydrogen-bond donors (Lipinski definition) is 1. The fraction of sp³-hybridized carbons (Fsp3) is 0.333. The molecule has 1 aliphatic rings. The number of hydrogen-bond acceptors (Lipinski definition) is 3. The number of rotatable bonds is 3. The highest BCUT2D eigenvalue weighted by molar-refractivity contribution is 7.80. The van der Waals surface area contributed by atoms with E-state index in [0.717, 1.165) is 23.4 Å². The Bertz CT molecular complexity index is 473. The molecule has 0 bridgehead atoms. The Balaban J connectivity index is 2.44. The van der Waals surface area contributed by atoms with E-state index in [2.05, 4.69) is 0 Å². The van der Waals surface area contributed by atoms with Gasteiger partial charge in [0.2, 0.25) is 0 Å². The van der Waals surface area contributed by atoms with Crippen LogP contribution in [0.5, 0.6) is 5.75 Å². The number of aryl methyl sites for hydroxylation is 1. The molecule has 1 aliphatic heterocycles. The van der Waals surface area contributed by atoms with Crippen LogP contribution in [0.2, 0.25) is 0 Å². The summed E-state index contributed by atoms with van der Waals surface area (Å²) in [6.45, 7) is 2.18. The van der Waals surface area contributed by atoms with E-state index >= 15 is 0 Å². The van der Waals surface area contributed by atoms with Gasteiger partial charge in [-0.3, -0.25) is 4.79 Å². The van der Waals surface area contributed by atoms with Crippen LogP contribution in [-0.4, -0.2) is 29.2 Å². The van der Waals surface area contributed by atoms with Gasteiger partial charge in [0.25, 0.3) is 0 Å². The molecule has 1 aromatic rings. The van der Waals surface area contributed by atoms with Crippen molar-refractivity contribution >= 4 is 28.9 Å². The van der Waals surface area contributed by atoms with Gasteiger partial charge in [0.1, 0.15) is 23.9 Å². The predicted octanol–water partition coefficient (Wildman–Crippen LogP) is 1.86. The Morgan fingerprint density at radius 3 is 3.00 bits per heavy atom. The van der Waals surface area contributed by atoms with Crippen molar-refractivity contribution in [2.75, 3.05) is 18.1 Å². The van der Waals surface area contributed by atoms with E-state index in [4.69, 9.17) is 22.1 Å². The SMILES string of the molecule is CCc1cccc2c1OCC(=S)N2CC(=O)O. The van der Waals surface area contributed by atoms with Gasteiger partial charge in [-0.2, -0.15) is 0 Å². The van der Waals surface area contributed by atoms with E-state index in [1.165, 1.54) is 0 Å². The third-order valence-electron chi connectivity index (χ3n) is 2.68. The molecule has 5 heteroatoms. The molecule has 1 N–H and O–H groups in total. The lowest BCUT2D eigenvalue weighted by molar-refractivity contribution is -0.135. The summed E-state index contributed by atoms with van der Waals surface area (Å²) in [7, 11) is 0. The molecule has 0 saturated carbocycles. The van der Waals surface area contributed by atoms with E-state index in [-0.39, 0.29) is 13.2 Å². The quantitative estimate of drug-likeness (QED) is 0.831. The van der Waals surface area contributed by atoms with Gasteiger partial charge in [0.15, 0.2) is 0 Å². The lowest BCUT2D eigenvalue weighted by atomic mass is 10.1. The van der Waals surface area contributed by atoms with Gasteiger partial charge < -0.3 is 14.7 Å². The number of fused-ring (bicyclic) bond motifs is 1. The molecule has 0 saturated heterocycles. The van der Waals surface area contributed by atoms with Crippen molar-refractivity contribution in [2.45, 2.75) is 13.3 Å². The summed E-state index contributed by atoms with van der Waals surface area (Å²) >= 11 is 5.14. The zero-order valence-corrected chi connectivity index (χ0v) is 10.3. The van der Waals surface area contributed by atoms with Gasteiger partial charge in [-0.1, -0.05) is 31.3 Å². The molecule has 0 aliphatic carbocycles. The van der Waals surface area contributed by atoms with Gasteiger partial charge >= 0.3 is 5.97 Å². The van der Waals surface area contributed by atoms with Crippen LogP contribution in [0.4, 0.5) is 5.69 Å². The maximum Gasteiger partial charge on any atom is 0.323 e. The summed E-state index contributed by atoms with van der Waals surface area (Å²) < 4.78 is 5.59. The van der Waals surface area contributed by atoms with Gasteiger partial charge in [0, 0.05) is 0 Å². The van der Waals surface area contributed by atoms with E-state index in [0.29, 0.717) is 4.99 Å². The number of aliphatic carboxylic acids is 1. The van der Waals surface area contributed by atoms with E-state index < -0.39 is 5.97 Å². The lowest BCUT2D eigenvalue weighted by Crippen LogP contribution is -2.41. The molecule has 1 heterocycles. The average Bonchev–Trinajstić information content (AvgIpc) is 2.31. The highest BCUT2D eigenvalue weighted by Gasteiger charge is 2.25. The number of carboxylic acids is 1. The summed E-state index contributed by atoms with van der Waals surface area (Å²) in [5, 5.41) is 8.89. The summed E-state index contributed by atoms with van der Waals surface area (Å²) in [6.07, 6.45) is 0.844. The second-order valence-electron chi connectivity index (χ2n) is 3.78. The smallest absolute Gasteiger partial charge is 0.323 e. The second-order valence-corrected chi connectivity index (χ2v) is 4.25. The molecular formula is C12H13NO3S. The van der Waals surface area contributed by atoms with Crippen LogP contribution in [0.15, 0.2) is 18.2 Å². The van der Waals surface area contributed by atoms with Gasteiger partial charge in [-0.05, 0) is 18.1 Å². The average molecular weight is 251 g/mol. The van der Waals surface area contributed by atoms with Crippen molar-refractivity contribution in [2.24, 2.45) is 0 Å². The Hall–Kier alpha value is -1.62. The molecule has 0 unspecified atom stereocenters. The summed E-state index contributed by atoms with van der Waals surface area (Å²) in [4.78, 5) is 13.0. The zero-order valence-electron chi connectivity index (χ0n) is 9.47. The molecule has 0 atom stereocenters. The monoisotopic (exact) mass is 251 g/mol. The van der Waals surface area contributed by atoms with Crippen LogP contribution in [0.25, 0.3) is 0 Å². The lowest BCUT2D eigenvalue weighted by Gasteiger charge is -2.31. The third kappa shape index (κ3) is 2.24. The number of anilines is 1. The molecule has 0 amide bonds. The number of carbonyl (C=O) groups is 1. The van der Waals surface area contributed by atoms with Crippen molar-refractivity contribution in [3.05, 3.63) is 23.8 Å². The molecule has 0 radical (unpaired) electrons. The Morgan fingerprint density at radius 1 is 1.59 bits per heavy atom. The highest BCUT2D eigenvalue weighted by atomic mass is 32.1. The number of nitrogens with zero attached hydrogens (tertiary/aromatic N) is 1. The number of thiocarbonyl (C=S) groups is 1. The van der Waals surface area contributed by atoms with Crippen molar-refractivity contribution in [1.29, 1.82) is 0 Å². The highest BCUT2D eigenvalue weighted by Crippen LogP contribution is 2.35. The third-order valence-corrected chi connectivity index (χ3v) is 3.02. The maximum absolute atomic E-state index is 10.8. The summed E-state index contributed by atoms with van der Waals surface area (Å²) in [5.74, 6) is -0.146. The van der Waals surface area contributed by atoms with Crippen LogP contribution in [0, 0.1) is 0 Å². The minimum Gasteiger partial charge on any atom is -0.484 e. The fourth-order valence-corrected chi connectivity index (χ4v) is 2.11. The fourth-order valence-electron chi connectivity index (χ4n) is 1.88. The first-order chi connectivity index (χ1) is 8.13. The maximum atomic E-state index is 10.8. The Labute approximate surface area is 105 Å². The molecule has 0 fully saturated rings. The normalized spacial score (nSPS) is 14.2. The van der Waals surface area contributed by atoms with E-state index in [1.807, 2.05) is 25.1 Å². The minimum atomic E-state index is -0.901. The molecule has 4 nitrogen and oxygen atoms in total. The van der Waals surface area contributed by atoms with Crippen molar-refractivity contribution in [3.8, 4) is 5.75 Å². The standard InChI is InChI=1S/C12H13NO3S/c1-2-8-4-3-5-9-12(8)16-7-10(17)13(9)6-11(14)15/h3-5H,2,6-7H2,1H3,(H,14,15). The van der Waals surface area contributed by atoms with Crippen LogP contribution in [0.3, 0.4) is 0 Å². The van der Waals surface area contributed by atoms with E-state index in [1.54, 1.807) is 4.90 Å². The molecule has 90 valence electrons. The first kappa shape index (κ1) is 11.9. The van der Waals surface area contributed by atoms with Crippen LogP contribution in [0.1, 0.15) is 12.5 Å². The van der Waals surface area contributed by atoms with Crippen molar-refractivity contribution in [1.82, 2.24) is 0 Å². The number of carboxylic acid groups (broad SMARTS) is 1.